The Labute approximate surface area is 101 Å². The molecule has 90 valence electrons. The van der Waals surface area contributed by atoms with Crippen molar-refractivity contribution in [3.63, 3.8) is 0 Å². The van der Waals surface area contributed by atoms with Gasteiger partial charge < -0.3 is 0 Å². The Balaban J connectivity index is 2.21. The van der Waals surface area contributed by atoms with Crippen molar-refractivity contribution < 1.29 is 0 Å². The summed E-state index contributed by atoms with van der Waals surface area (Å²) in [7, 11) is 0. The van der Waals surface area contributed by atoms with Gasteiger partial charge in [-0.3, -0.25) is 0 Å². The van der Waals surface area contributed by atoms with E-state index >= 15 is 0 Å². The lowest BCUT2D eigenvalue weighted by Crippen LogP contribution is -2.38. The van der Waals surface area contributed by atoms with Gasteiger partial charge >= 0.3 is 0 Å². The summed E-state index contributed by atoms with van der Waals surface area (Å²) >= 11 is 0. The van der Waals surface area contributed by atoms with Gasteiger partial charge in [0, 0.05) is 5.92 Å². The van der Waals surface area contributed by atoms with Gasteiger partial charge in [-0.15, -0.1) is 12.3 Å². The third-order valence-corrected chi connectivity index (χ3v) is 5.68. The van der Waals surface area contributed by atoms with Gasteiger partial charge in [0.2, 0.25) is 0 Å². The minimum absolute atomic E-state index is 0.528. The molecule has 0 heterocycles. The normalized spacial score (nSPS) is 44.8. The topological polar surface area (TPSA) is 0 Å². The number of terminal acetylenes is 1. The van der Waals surface area contributed by atoms with Gasteiger partial charge in [-0.2, -0.15) is 0 Å². The maximum atomic E-state index is 5.73. The van der Waals surface area contributed by atoms with Crippen molar-refractivity contribution in [1.82, 2.24) is 0 Å². The van der Waals surface area contributed by atoms with Crippen molar-refractivity contribution >= 4 is 0 Å². The molecule has 0 N–H and O–H groups in total. The van der Waals surface area contributed by atoms with E-state index in [1.165, 1.54) is 32.1 Å². The third kappa shape index (κ3) is 1.69. The van der Waals surface area contributed by atoms with E-state index in [4.69, 9.17) is 6.42 Å². The van der Waals surface area contributed by atoms with Crippen LogP contribution in [0.4, 0.5) is 0 Å². The summed E-state index contributed by atoms with van der Waals surface area (Å²) in [5, 5.41) is 0. The van der Waals surface area contributed by atoms with Crippen LogP contribution in [0.25, 0.3) is 0 Å². The molecule has 0 aromatic carbocycles. The molecule has 0 saturated heterocycles. The average Bonchev–Trinajstić information content (AvgIpc) is 2.60. The summed E-state index contributed by atoms with van der Waals surface area (Å²) in [5.41, 5.74) is 0.560. The highest BCUT2D eigenvalue weighted by molar-refractivity contribution is 5.07. The van der Waals surface area contributed by atoms with E-state index in [0.717, 1.165) is 24.2 Å². The van der Waals surface area contributed by atoms with Gasteiger partial charge in [0.1, 0.15) is 0 Å². The standard InChI is InChI=1S/C16H26/c1-5-13(6-2)15-10-9-14-12(3)8-7-11-16(14,15)4/h1,12-15H,6-11H2,2-4H3. The van der Waals surface area contributed by atoms with Gasteiger partial charge in [-0.1, -0.05) is 33.6 Å². The predicted molar refractivity (Wildman–Crippen MR) is 70.0 cm³/mol. The minimum atomic E-state index is 0.528. The Morgan fingerprint density at radius 1 is 1.38 bits per heavy atom. The molecule has 2 fully saturated rings. The van der Waals surface area contributed by atoms with Crippen LogP contribution in [-0.2, 0) is 0 Å². The first-order valence-electron chi connectivity index (χ1n) is 7.09. The summed E-state index contributed by atoms with van der Waals surface area (Å²) in [6, 6.07) is 0. The lowest BCUT2D eigenvalue weighted by Gasteiger charge is -2.45. The largest absolute Gasteiger partial charge is 0.120 e. The number of fused-ring (bicyclic) bond motifs is 1. The summed E-state index contributed by atoms with van der Waals surface area (Å²) in [6.45, 7) is 7.25. The molecule has 0 aromatic rings. The molecule has 2 saturated carbocycles. The van der Waals surface area contributed by atoms with E-state index in [0.29, 0.717) is 11.3 Å². The van der Waals surface area contributed by atoms with Gasteiger partial charge in [-0.25, -0.2) is 0 Å². The second-order valence-electron chi connectivity index (χ2n) is 6.35. The van der Waals surface area contributed by atoms with Crippen molar-refractivity contribution in [2.75, 3.05) is 0 Å². The molecule has 2 rings (SSSR count). The van der Waals surface area contributed by atoms with Crippen molar-refractivity contribution in [2.24, 2.45) is 29.1 Å². The molecular weight excluding hydrogens is 192 g/mol. The van der Waals surface area contributed by atoms with Gasteiger partial charge in [0.15, 0.2) is 0 Å². The fraction of sp³-hybridized carbons (Fsp3) is 0.875. The molecule has 16 heavy (non-hydrogen) atoms. The van der Waals surface area contributed by atoms with Crippen molar-refractivity contribution in [3.8, 4) is 12.3 Å². The molecule has 2 aliphatic rings. The Morgan fingerprint density at radius 2 is 2.12 bits per heavy atom. The molecule has 2 aliphatic carbocycles. The fourth-order valence-corrected chi connectivity index (χ4v) is 4.78. The zero-order valence-corrected chi connectivity index (χ0v) is 11.1. The van der Waals surface area contributed by atoms with Gasteiger partial charge in [0.25, 0.3) is 0 Å². The maximum absolute atomic E-state index is 5.73. The molecule has 0 radical (unpaired) electrons. The first-order valence-corrected chi connectivity index (χ1v) is 7.09. The first-order chi connectivity index (χ1) is 7.63. The van der Waals surface area contributed by atoms with Crippen LogP contribution in [0.3, 0.4) is 0 Å². The summed E-state index contributed by atoms with van der Waals surface area (Å²) in [5.74, 6) is 6.28. The minimum Gasteiger partial charge on any atom is -0.120 e. The lowest BCUT2D eigenvalue weighted by atomic mass is 9.59. The highest BCUT2D eigenvalue weighted by Crippen LogP contribution is 2.59. The van der Waals surface area contributed by atoms with Gasteiger partial charge in [0.05, 0.1) is 0 Å². The molecule has 0 bridgehead atoms. The Kier molecular flexibility index (Phi) is 3.34. The maximum Gasteiger partial charge on any atom is 0.0231 e. The quantitative estimate of drug-likeness (QED) is 0.599. The molecule has 0 aliphatic heterocycles. The second kappa shape index (κ2) is 4.44. The monoisotopic (exact) mass is 218 g/mol. The summed E-state index contributed by atoms with van der Waals surface area (Å²) in [6.07, 6.45) is 14.0. The summed E-state index contributed by atoms with van der Waals surface area (Å²) < 4.78 is 0. The van der Waals surface area contributed by atoms with Crippen molar-refractivity contribution in [3.05, 3.63) is 0 Å². The second-order valence-corrected chi connectivity index (χ2v) is 6.35. The first kappa shape index (κ1) is 12.0. The molecule has 0 spiro atoms. The molecule has 5 atom stereocenters. The van der Waals surface area contributed by atoms with Crippen LogP contribution in [0.2, 0.25) is 0 Å². The van der Waals surface area contributed by atoms with E-state index < -0.39 is 0 Å². The van der Waals surface area contributed by atoms with Crippen LogP contribution in [0.1, 0.15) is 59.3 Å². The van der Waals surface area contributed by atoms with Crippen LogP contribution in [0.5, 0.6) is 0 Å². The third-order valence-electron chi connectivity index (χ3n) is 5.68. The molecule has 0 heteroatoms. The number of hydrogen-bond acceptors (Lipinski definition) is 0. The number of hydrogen-bond donors (Lipinski definition) is 0. The number of rotatable bonds is 2. The van der Waals surface area contributed by atoms with Crippen LogP contribution in [0.15, 0.2) is 0 Å². The van der Waals surface area contributed by atoms with Crippen LogP contribution in [-0.4, -0.2) is 0 Å². The molecule has 0 aromatic heterocycles. The smallest absolute Gasteiger partial charge is 0.0231 e. The highest BCUT2D eigenvalue weighted by atomic mass is 14.6. The Morgan fingerprint density at radius 3 is 2.75 bits per heavy atom. The predicted octanol–water partition coefficient (Wildman–Crippen LogP) is 4.50. The average molecular weight is 218 g/mol. The van der Waals surface area contributed by atoms with Crippen LogP contribution in [0, 0.1) is 41.4 Å². The molecular formula is C16H26. The SMILES string of the molecule is C#CC(CC)C1CCC2C(C)CCCC21C. The van der Waals surface area contributed by atoms with Crippen LogP contribution >= 0.6 is 0 Å². The van der Waals surface area contributed by atoms with Crippen molar-refractivity contribution in [2.45, 2.75) is 59.3 Å². The van der Waals surface area contributed by atoms with E-state index in [-0.39, 0.29) is 0 Å². The molecule has 0 nitrogen and oxygen atoms in total. The van der Waals surface area contributed by atoms with E-state index in [2.05, 4.69) is 26.7 Å². The fourth-order valence-electron chi connectivity index (χ4n) is 4.78. The van der Waals surface area contributed by atoms with Crippen molar-refractivity contribution in [1.29, 1.82) is 0 Å². The van der Waals surface area contributed by atoms with E-state index in [1.807, 2.05) is 0 Å². The van der Waals surface area contributed by atoms with Gasteiger partial charge in [-0.05, 0) is 48.9 Å². The van der Waals surface area contributed by atoms with E-state index in [1.54, 1.807) is 0 Å². The van der Waals surface area contributed by atoms with E-state index in [9.17, 15) is 0 Å². The Bertz CT molecular complexity index is 285. The van der Waals surface area contributed by atoms with Crippen LogP contribution < -0.4 is 0 Å². The zero-order chi connectivity index (χ0) is 11.8. The summed E-state index contributed by atoms with van der Waals surface area (Å²) in [4.78, 5) is 0. The lowest BCUT2D eigenvalue weighted by molar-refractivity contribution is 0.0433. The molecule has 5 unspecified atom stereocenters. The highest BCUT2D eigenvalue weighted by Gasteiger charge is 2.51. The zero-order valence-electron chi connectivity index (χ0n) is 11.1. The Hall–Kier alpha value is -0.440. The molecule has 0 amide bonds.